The highest BCUT2D eigenvalue weighted by Crippen LogP contribution is 2.19. The van der Waals surface area contributed by atoms with Gasteiger partial charge in [-0.3, -0.25) is 9.59 Å². The molecule has 25 heavy (non-hydrogen) atoms. The molecule has 5 nitrogen and oxygen atoms in total. The minimum absolute atomic E-state index is 0.0472. The van der Waals surface area contributed by atoms with Crippen LogP contribution in [-0.2, 0) is 9.59 Å². The topological polar surface area (TPSA) is 67.4 Å². The number of ether oxygens (including phenoxy) is 1. The Bertz CT molecular complexity index is 756. The molecule has 2 rings (SSSR count). The van der Waals surface area contributed by atoms with Crippen molar-refractivity contribution in [3.63, 3.8) is 0 Å². The molecule has 2 N–H and O–H groups in total. The van der Waals surface area contributed by atoms with Crippen LogP contribution in [0.5, 0.6) is 5.75 Å². The molecule has 0 unspecified atom stereocenters. The second-order valence-electron chi connectivity index (χ2n) is 4.94. The molecule has 0 bridgehead atoms. The van der Waals surface area contributed by atoms with Crippen molar-refractivity contribution >= 4 is 50.9 Å². The smallest absolute Gasteiger partial charge is 0.234 e. The quantitative estimate of drug-likeness (QED) is 0.704. The molecule has 0 aliphatic heterocycles. The zero-order chi connectivity index (χ0) is 18.2. The molecule has 0 aliphatic rings. The number of rotatable bonds is 7. The molecular formula is C17H16BrFN2O3S. The number of halogens is 2. The van der Waals surface area contributed by atoms with Gasteiger partial charge in [-0.2, -0.15) is 0 Å². The maximum Gasteiger partial charge on any atom is 0.234 e. The van der Waals surface area contributed by atoms with Crippen LogP contribution in [-0.4, -0.2) is 30.4 Å². The molecule has 2 aromatic rings. The van der Waals surface area contributed by atoms with Crippen LogP contribution in [0.25, 0.3) is 0 Å². The molecule has 0 radical (unpaired) electrons. The lowest BCUT2D eigenvalue weighted by molar-refractivity contribution is -0.114. The minimum atomic E-state index is -0.523. The molecule has 0 fully saturated rings. The number of methoxy groups -OCH3 is 1. The first-order valence-electron chi connectivity index (χ1n) is 7.24. The molecule has 8 heteroatoms. The van der Waals surface area contributed by atoms with E-state index in [1.165, 1.54) is 12.1 Å². The monoisotopic (exact) mass is 426 g/mol. The van der Waals surface area contributed by atoms with Crippen molar-refractivity contribution in [2.24, 2.45) is 0 Å². The Morgan fingerprint density at radius 3 is 2.32 bits per heavy atom. The lowest BCUT2D eigenvalue weighted by atomic mass is 10.3. The summed E-state index contributed by atoms with van der Waals surface area (Å²) >= 11 is 4.29. The van der Waals surface area contributed by atoms with Gasteiger partial charge in [0.1, 0.15) is 11.6 Å². The molecule has 0 spiro atoms. The van der Waals surface area contributed by atoms with Gasteiger partial charge in [0.25, 0.3) is 0 Å². The maximum atomic E-state index is 13.6. The van der Waals surface area contributed by atoms with Crippen molar-refractivity contribution < 1.29 is 18.7 Å². The van der Waals surface area contributed by atoms with Crippen LogP contribution in [0.4, 0.5) is 15.8 Å². The van der Waals surface area contributed by atoms with Gasteiger partial charge in [0, 0.05) is 10.2 Å². The molecule has 0 aromatic heterocycles. The third kappa shape index (κ3) is 6.39. The van der Waals surface area contributed by atoms with Gasteiger partial charge in [-0.15, -0.1) is 11.8 Å². The Morgan fingerprint density at radius 2 is 1.72 bits per heavy atom. The number of anilines is 2. The number of carbonyl (C=O) groups excluding carboxylic acids is 2. The molecular weight excluding hydrogens is 411 g/mol. The first kappa shape index (κ1) is 19.3. The van der Waals surface area contributed by atoms with E-state index in [1.54, 1.807) is 37.4 Å². The van der Waals surface area contributed by atoms with E-state index in [9.17, 15) is 14.0 Å². The van der Waals surface area contributed by atoms with Gasteiger partial charge in [0.05, 0.1) is 24.3 Å². The number of benzene rings is 2. The molecule has 0 saturated carbocycles. The summed E-state index contributed by atoms with van der Waals surface area (Å²) in [6.45, 7) is 0. The van der Waals surface area contributed by atoms with Crippen LogP contribution < -0.4 is 15.4 Å². The SMILES string of the molecule is COc1ccc(NC(=O)CSCC(=O)Nc2ccc(Br)cc2F)cc1. The number of thioether (sulfide) groups is 1. The normalized spacial score (nSPS) is 10.2. The summed E-state index contributed by atoms with van der Waals surface area (Å²) in [6, 6.07) is 11.3. The largest absolute Gasteiger partial charge is 0.497 e. The molecule has 0 saturated heterocycles. The number of hydrogen-bond acceptors (Lipinski definition) is 4. The summed E-state index contributed by atoms with van der Waals surface area (Å²) in [5, 5.41) is 5.19. The van der Waals surface area contributed by atoms with Crippen LogP contribution in [0.3, 0.4) is 0 Å². The van der Waals surface area contributed by atoms with E-state index in [1.807, 2.05) is 0 Å². The van der Waals surface area contributed by atoms with Crippen LogP contribution in [0.1, 0.15) is 0 Å². The van der Waals surface area contributed by atoms with E-state index in [-0.39, 0.29) is 29.0 Å². The Hall–Kier alpha value is -2.06. The van der Waals surface area contributed by atoms with E-state index >= 15 is 0 Å². The van der Waals surface area contributed by atoms with Gasteiger partial charge in [0.2, 0.25) is 11.8 Å². The minimum Gasteiger partial charge on any atom is -0.497 e. The van der Waals surface area contributed by atoms with Gasteiger partial charge >= 0.3 is 0 Å². The summed E-state index contributed by atoms with van der Waals surface area (Å²) in [4.78, 5) is 23.6. The number of hydrogen-bond donors (Lipinski definition) is 2. The average molecular weight is 427 g/mol. The predicted molar refractivity (Wildman–Crippen MR) is 102 cm³/mol. The standard InChI is InChI=1S/C17H16BrFN2O3S/c1-24-13-5-3-12(4-6-13)20-16(22)9-25-10-17(23)21-15-7-2-11(18)8-14(15)19/h2-8H,9-10H2,1H3,(H,20,22)(H,21,23). The van der Waals surface area contributed by atoms with Crippen molar-refractivity contribution in [3.05, 3.63) is 52.8 Å². The van der Waals surface area contributed by atoms with Crippen molar-refractivity contribution in [2.45, 2.75) is 0 Å². The molecule has 2 aromatic carbocycles. The predicted octanol–water partition coefficient (Wildman–Crippen LogP) is 3.91. The van der Waals surface area contributed by atoms with Crippen molar-refractivity contribution in [1.82, 2.24) is 0 Å². The average Bonchev–Trinajstić information content (AvgIpc) is 2.58. The third-order valence-electron chi connectivity index (χ3n) is 3.05. The molecule has 0 atom stereocenters. The van der Waals surface area contributed by atoms with Gasteiger partial charge in [-0.05, 0) is 42.5 Å². The number of carbonyl (C=O) groups is 2. The Labute approximate surface area is 157 Å². The van der Waals surface area contributed by atoms with Crippen LogP contribution in [0.2, 0.25) is 0 Å². The van der Waals surface area contributed by atoms with Gasteiger partial charge < -0.3 is 15.4 Å². The van der Waals surface area contributed by atoms with Gasteiger partial charge in [-0.25, -0.2) is 4.39 Å². The summed E-state index contributed by atoms with van der Waals surface area (Å²) in [5.41, 5.74) is 0.754. The number of nitrogens with one attached hydrogen (secondary N) is 2. The van der Waals surface area contributed by atoms with E-state index in [4.69, 9.17) is 4.74 Å². The summed E-state index contributed by atoms with van der Waals surface area (Å²) < 4.78 is 19.3. The Morgan fingerprint density at radius 1 is 1.08 bits per heavy atom. The van der Waals surface area contributed by atoms with E-state index in [0.717, 1.165) is 11.8 Å². The molecule has 0 aliphatic carbocycles. The Balaban J connectivity index is 1.73. The van der Waals surface area contributed by atoms with Crippen molar-refractivity contribution in [3.8, 4) is 5.75 Å². The number of amides is 2. The fourth-order valence-corrected chi connectivity index (χ4v) is 2.84. The highest BCUT2D eigenvalue weighted by atomic mass is 79.9. The third-order valence-corrected chi connectivity index (χ3v) is 4.47. The lowest BCUT2D eigenvalue weighted by Gasteiger charge is -2.08. The van der Waals surface area contributed by atoms with Gasteiger partial charge in [0.15, 0.2) is 0 Å². The lowest BCUT2D eigenvalue weighted by Crippen LogP contribution is -2.18. The highest BCUT2D eigenvalue weighted by Gasteiger charge is 2.09. The van der Waals surface area contributed by atoms with Crippen molar-refractivity contribution in [2.75, 3.05) is 29.2 Å². The molecule has 0 heterocycles. The fourth-order valence-electron chi connectivity index (χ4n) is 1.88. The van der Waals surface area contributed by atoms with E-state index in [2.05, 4.69) is 26.6 Å². The Kier molecular flexibility index (Phi) is 7.27. The zero-order valence-electron chi connectivity index (χ0n) is 13.3. The second-order valence-corrected chi connectivity index (χ2v) is 6.84. The summed E-state index contributed by atoms with van der Waals surface area (Å²) in [7, 11) is 1.56. The maximum absolute atomic E-state index is 13.6. The van der Waals surface area contributed by atoms with E-state index < -0.39 is 5.82 Å². The summed E-state index contributed by atoms with van der Waals surface area (Å²) in [5.74, 6) is -0.260. The van der Waals surface area contributed by atoms with E-state index in [0.29, 0.717) is 15.9 Å². The zero-order valence-corrected chi connectivity index (χ0v) is 15.7. The molecule has 2 amide bonds. The van der Waals surface area contributed by atoms with Gasteiger partial charge in [-0.1, -0.05) is 15.9 Å². The molecule has 132 valence electrons. The first-order chi connectivity index (χ1) is 12.0. The summed E-state index contributed by atoms with van der Waals surface area (Å²) in [6.07, 6.45) is 0. The first-order valence-corrected chi connectivity index (χ1v) is 9.19. The highest BCUT2D eigenvalue weighted by molar-refractivity contribution is 9.10. The van der Waals surface area contributed by atoms with Crippen molar-refractivity contribution in [1.29, 1.82) is 0 Å². The van der Waals surface area contributed by atoms with Crippen LogP contribution in [0.15, 0.2) is 46.9 Å². The fraction of sp³-hybridized carbons (Fsp3) is 0.176. The van der Waals surface area contributed by atoms with Crippen LogP contribution in [0, 0.1) is 5.82 Å². The van der Waals surface area contributed by atoms with Crippen LogP contribution >= 0.6 is 27.7 Å². The second kappa shape index (κ2) is 9.43.